The quantitative estimate of drug-likeness (QED) is 0.503. The minimum absolute atomic E-state index is 0.0883. The molecule has 2 aromatic carbocycles. The van der Waals surface area contributed by atoms with Crippen LogP contribution in [0.25, 0.3) is 11.3 Å². The molecule has 0 saturated carbocycles. The predicted molar refractivity (Wildman–Crippen MR) is 111 cm³/mol. The Morgan fingerprint density at radius 1 is 1.30 bits per heavy atom. The zero-order valence-electron chi connectivity index (χ0n) is 16.1. The Balaban J connectivity index is 2.01. The third-order valence-electron chi connectivity index (χ3n) is 4.99. The molecule has 1 unspecified atom stereocenters. The number of fused-ring (bicyclic) bond motifs is 1. The number of nitrogens with zero attached hydrogens (tertiary/aromatic N) is 4. The number of hydrogen-bond donors (Lipinski definition) is 1. The van der Waals surface area contributed by atoms with Crippen LogP contribution in [0.15, 0.2) is 48.0 Å². The van der Waals surface area contributed by atoms with Gasteiger partial charge in [0.25, 0.3) is 5.69 Å². The van der Waals surface area contributed by atoms with Crippen LogP contribution in [0.1, 0.15) is 22.4 Å². The van der Waals surface area contributed by atoms with Crippen LogP contribution in [0.3, 0.4) is 0 Å². The maximum absolute atomic E-state index is 11.3. The second kappa shape index (κ2) is 7.30. The van der Waals surface area contributed by atoms with Crippen LogP contribution in [0.2, 0.25) is 5.02 Å². The molecule has 0 fully saturated rings. The van der Waals surface area contributed by atoms with Crippen molar-refractivity contribution in [3.05, 3.63) is 85.6 Å². The lowest BCUT2D eigenvalue weighted by molar-refractivity contribution is -0.384. The summed E-state index contributed by atoms with van der Waals surface area (Å²) < 4.78 is 7.48. The van der Waals surface area contributed by atoms with Gasteiger partial charge in [-0.3, -0.25) is 15.8 Å². The molecule has 2 N–H and O–H groups in total. The first-order valence-corrected chi connectivity index (χ1v) is 9.38. The van der Waals surface area contributed by atoms with Crippen molar-refractivity contribution in [1.29, 1.82) is 5.26 Å². The van der Waals surface area contributed by atoms with E-state index in [-0.39, 0.29) is 11.3 Å². The molecule has 1 aromatic heterocycles. The Morgan fingerprint density at radius 2 is 2.03 bits per heavy atom. The highest BCUT2D eigenvalue weighted by molar-refractivity contribution is 6.31. The second-order valence-corrected chi connectivity index (χ2v) is 7.21. The van der Waals surface area contributed by atoms with E-state index < -0.39 is 11.2 Å². The minimum Gasteiger partial charge on any atom is -0.453 e. The Kier molecular flexibility index (Phi) is 4.78. The van der Waals surface area contributed by atoms with Gasteiger partial charge in [0.2, 0.25) is 5.88 Å². The number of nitro groups is 1. The molecular weight excluding hydrogens is 406 g/mol. The lowest BCUT2D eigenvalue weighted by Gasteiger charge is -2.25. The van der Waals surface area contributed by atoms with Crippen LogP contribution in [-0.2, 0) is 0 Å². The van der Waals surface area contributed by atoms with Crippen molar-refractivity contribution in [2.24, 2.45) is 5.73 Å². The van der Waals surface area contributed by atoms with Gasteiger partial charge in [-0.1, -0.05) is 29.8 Å². The summed E-state index contributed by atoms with van der Waals surface area (Å²) in [6, 6.07) is 13.6. The maximum atomic E-state index is 11.3. The largest absolute Gasteiger partial charge is 0.453 e. The number of benzene rings is 2. The number of hydrogen-bond acceptors (Lipinski definition) is 6. The first kappa shape index (κ1) is 19.6. The van der Waals surface area contributed by atoms with E-state index in [9.17, 15) is 15.4 Å². The number of non-ortho nitro benzene ring substituents is 1. The van der Waals surface area contributed by atoms with Crippen molar-refractivity contribution in [2.45, 2.75) is 20.1 Å². The van der Waals surface area contributed by atoms with Gasteiger partial charge in [-0.05, 0) is 37.1 Å². The molecule has 0 radical (unpaired) electrons. The molecule has 30 heavy (non-hydrogen) atoms. The molecule has 2 heterocycles. The number of aryl methyl sites for hydroxylation is 1. The highest BCUT2D eigenvalue weighted by atomic mass is 35.5. The van der Waals surface area contributed by atoms with Gasteiger partial charge in [0.1, 0.15) is 6.07 Å². The SMILES string of the molecule is Cc1nn(-c2cccc(Cl)c2C)c2c1C(c1cccc([N+](=O)[O-])c1)=C(C#N)C(N)O2. The monoisotopic (exact) mass is 421 g/mol. The maximum Gasteiger partial charge on any atom is 0.270 e. The average Bonchev–Trinajstić information content (AvgIpc) is 3.04. The third-order valence-corrected chi connectivity index (χ3v) is 5.40. The standard InChI is InChI=1S/C21H16ClN5O3/c1-11-16(22)7-4-8-17(11)26-21-18(12(2)25-26)19(15(10-23)20(24)30-21)13-5-3-6-14(9-13)27(28)29/h3-9,20H,24H2,1-2H3. The van der Waals surface area contributed by atoms with Crippen LogP contribution in [0.4, 0.5) is 5.69 Å². The van der Waals surface area contributed by atoms with Gasteiger partial charge in [0, 0.05) is 22.7 Å². The summed E-state index contributed by atoms with van der Waals surface area (Å²) in [5.74, 6) is 0.353. The molecule has 4 rings (SSSR count). The Labute approximate surface area is 176 Å². The lowest BCUT2D eigenvalue weighted by atomic mass is 9.91. The fourth-order valence-corrected chi connectivity index (χ4v) is 3.71. The van der Waals surface area contributed by atoms with Gasteiger partial charge in [-0.15, -0.1) is 0 Å². The number of halogens is 1. The van der Waals surface area contributed by atoms with E-state index >= 15 is 0 Å². The number of nitriles is 1. The highest BCUT2D eigenvalue weighted by Crippen LogP contribution is 2.43. The van der Waals surface area contributed by atoms with Crippen molar-refractivity contribution in [3.8, 4) is 17.6 Å². The number of rotatable bonds is 3. The van der Waals surface area contributed by atoms with Gasteiger partial charge in [0.15, 0.2) is 6.23 Å². The molecule has 1 aliphatic heterocycles. The molecule has 9 heteroatoms. The Morgan fingerprint density at radius 3 is 2.73 bits per heavy atom. The number of nitrogens with two attached hydrogens (primary N) is 1. The summed E-state index contributed by atoms with van der Waals surface area (Å²) in [6.07, 6.45) is -1.05. The van der Waals surface area contributed by atoms with Crippen molar-refractivity contribution in [2.75, 3.05) is 0 Å². The van der Waals surface area contributed by atoms with E-state index in [2.05, 4.69) is 11.2 Å². The van der Waals surface area contributed by atoms with Crippen LogP contribution in [-0.4, -0.2) is 20.9 Å². The number of nitro benzene ring substituents is 1. The first-order valence-electron chi connectivity index (χ1n) is 9.00. The number of aromatic nitrogens is 2. The Bertz CT molecular complexity index is 1270. The van der Waals surface area contributed by atoms with E-state index in [4.69, 9.17) is 22.1 Å². The van der Waals surface area contributed by atoms with Crippen molar-refractivity contribution >= 4 is 22.9 Å². The summed E-state index contributed by atoms with van der Waals surface area (Å²) in [4.78, 5) is 10.8. The van der Waals surface area contributed by atoms with E-state index in [0.717, 1.165) is 5.56 Å². The van der Waals surface area contributed by atoms with Gasteiger partial charge < -0.3 is 4.74 Å². The fraction of sp³-hybridized carbons (Fsp3) is 0.143. The van der Waals surface area contributed by atoms with Crippen molar-refractivity contribution in [1.82, 2.24) is 9.78 Å². The lowest BCUT2D eigenvalue weighted by Crippen LogP contribution is -2.33. The summed E-state index contributed by atoms with van der Waals surface area (Å²) in [6.45, 7) is 3.64. The predicted octanol–water partition coefficient (Wildman–Crippen LogP) is 4.05. The number of ether oxygens (including phenoxy) is 1. The first-order chi connectivity index (χ1) is 14.3. The normalized spacial score (nSPS) is 15.4. The molecule has 1 aliphatic rings. The van der Waals surface area contributed by atoms with E-state index in [1.54, 1.807) is 35.9 Å². The summed E-state index contributed by atoms with van der Waals surface area (Å²) in [5.41, 5.74) is 9.86. The second-order valence-electron chi connectivity index (χ2n) is 6.81. The topological polar surface area (TPSA) is 120 Å². The van der Waals surface area contributed by atoms with Crippen LogP contribution in [0.5, 0.6) is 5.88 Å². The molecule has 150 valence electrons. The van der Waals surface area contributed by atoms with Gasteiger partial charge in [-0.25, -0.2) is 0 Å². The van der Waals surface area contributed by atoms with E-state index in [0.29, 0.717) is 39.0 Å². The summed E-state index contributed by atoms with van der Waals surface area (Å²) >= 11 is 6.28. The molecule has 3 aromatic rings. The van der Waals surface area contributed by atoms with Gasteiger partial charge in [0.05, 0.1) is 27.4 Å². The van der Waals surface area contributed by atoms with Crippen molar-refractivity contribution < 1.29 is 9.66 Å². The van der Waals surface area contributed by atoms with Crippen LogP contribution in [0, 0.1) is 35.3 Å². The summed E-state index contributed by atoms with van der Waals surface area (Å²) in [5, 5.41) is 26.2. The fourth-order valence-electron chi connectivity index (χ4n) is 3.54. The molecule has 0 amide bonds. The zero-order chi connectivity index (χ0) is 21.6. The molecule has 8 nitrogen and oxygen atoms in total. The molecule has 0 aliphatic carbocycles. The van der Waals surface area contributed by atoms with E-state index in [1.165, 1.54) is 12.1 Å². The molecule has 0 spiro atoms. The highest BCUT2D eigenvalue weighted by Gasteiger charge is 2.34. The minimum atomic E-state index is -1.05. The zero-order valence-corrected chi connectivity index (χ0v) is 16.8. The van der Waals surface area contributed by atoms with Crippen LogP contribution >= 0.6 is 11.6 Å². The molecule has 0 bridgehead atoms. The smallest absolute Gasteiger partial charge is 0.270 e. The molecular formula is C21H16ClN5O3. The van der Waals surface area contributed by atoms with E-state index in [1.807, 2.05) is 13.0 Å². The average molecular weight is 422 g/mol. The molecule has 0 saturated heterocycles. The van der Waals surface area contributed by atoms with Gasteiger partial charge >= 0.3 is 0 Å². The third kappa shape index (κ3) is 3.01. The molecule has 1 atom stereocenters. The summed E-state index contributed by atoms with van der Waals surface area (Å²) in [7, 11) is 0. The van der Waals surface area contributed by atoms with Gasteiger partial charge in [-0.2, -0.15) is 15.0 Å². The van der Waals surface area contributed by atoms with Crippen LogP contribution < -0.4 is 10.5 Å². The van der Waals surface area contributed by atoms with Crippen molar-refractivity contribution in [3.63, 3.8) is 0 Å². The Hall–Kier alpha value is -3.67.